The van der Waals surface area contributed by atoms with Crippen molar-refractivity contribution in [3.05, 3.63) is 0 Å². The highest BCUT2D eigenvalue weighted by atomic mass is 16.5. The van der Waals surface area contributed by atoms with E-state index in [4.69, 9.17) is 9.47 Å². The highest BCUT2D eigenvalue weighted by Crippen LogP contribution is 2.32. The summed E-state index contributed by atoms with van der Waals surface area (Å²) in [6.45, 7) is 9.53. The van der Waals surface area contributed by atoms with Gasteiger partial charge in [-0.15, -0.1) is 0 Å². The maximum atomic E-state index is 6.00. The largest absolute Gasteiger partial charge is 0.383 e. The van der Waals surface area contributed by atoms with Crippen LogP contribution >= 0.6 is 0 Å². The summed E-state index contributed by atoms with van der Waals surface area (Å²) in [7, 11) is 1.74. The molecule has 1 fully saturated rings. The predicted octanol–water partition coefficient (Wildman–Crippen LogP) is 2.60. The Labute approximate surface area is 106 Å². The molecular weight excluding hydrogens is 214 g/mol. The number of hydrogen-bond donors (Lipinski definition) is 1. The van der Waals surface area contributed by atoms with Crippen LogP contribution in [-0.2, 0) is 9.47 Å². The summed E-state index contributed by atoms with van der Waals surface area (Å²) in [5.41, 5.74) is 0.116. The summed E-state index contributed by atoms with van der Waals surface area (Å²) >= 11 is 0. The van der Waals surface area contributed by atoms with Gasteiger partial charge in [-0.3, -0.25) is 0 Å². The fourth-order valence-electron chi connectivity index (χ4n) is 2.38. The Balaban J connectivity index is 2.02. The third kappa shape index (κ3) is 6.39. The number of rotatable bonds is 8. The fraction of sp³-hybridized carbons (Fsp3) is 1.00. The van der Waals surface area contributed by atoms with Crippen molar-refractivity contribution >= 4 is 0 Å². The lowest BCUT2D eigenvalue weighted by atomic mass is 10.00. The monoisotopic (exact) mass is 243 g/mol. The van der Waals surface area contributed by atoms with Crippen molar-refractivity contribution in [2.45, 2.75) is 58.2 Å². The van der Waals surface area contributed by atoms with Crippen molar-refractivity contribution in [1.29, 1.82) is 0 Å². The van der Waals surface area contributed by atoms with E-state index in [0.29, 0.717) is 6.10 Å². The zero-order chi connectivity index (χ0) is 12.7. The Morgan fingerprint density at radius 3 is 2.82 bits per heavy atom. The zero-order valence-corrected chi connectivity index (χ0v) is 11.9. The minimum atomic E-state index is 0.116. The highest BCUT2D eigenvalue weighted by Gasteiger charge is 2.31. The van der Waals surface area contributed by atoms with Gasteiger partial charge in [0.05, 0.1) is 18.3 Å². The van der Waals surface area contributed by atoms with Crippen molar-refractivity contribution in [2.75, 3.05) is 26.8 Å². The van der Waals surface area contributed by atoms with E-state index >= 15 is 0 Å². The Kier molecular flexibility index (Phi) is 6.45. The molecule has 0 spiro atoms. The third-order valence-corrected chi connectivity index (χ3v) is 3.51. The van der Waals surface area contributed by atoms with Crippen molar-refractivity contribution in [2.24, 2.45) is 5.92 Å². The summed E-state index contributed by atoms with van der Waals surface area (Å²) in [6, 6.07) is 0. The van der Waals surface area contributed by atoms with Crippen LogP contribution in [0.5, 0.6) is 0 Å². The van der Waals surface area contributed by atoms with Gasteiger partial charge in [0.1, 0.15) is 0 Å². The van der Waals surface area contributed by atoms with E-state index in [9.17, 15) is 0 Å². The lowest BCUT2D eigenvalue weighted by molar-refractivity contribution is -0.0202. The van der Waals surface area contributed by atoms with Crippen LogP contribution in [0.4, 0.5) is 0 Å². The molecule has 102 valence electrons. The van der Waals surface area contributed by atoms with Crippen LogP contribution in [0.15, 0.2) is 0 Å². The Morgan fingerprint density at radius 1 is 1.47 bits per heavy atom. The second-order valence-corrected chi connectivity index (χ2v) is 5.92. The van der Waals surface area contributed by atoms with Gasteiger partial charge in [-0.1, -0.05) is 6.92 Å². The molecule has 3 heteroatoms. The Bertz CT molecular complexity index is 206. The lowest BCUT2D eigenvalue weighted by Crippen LogP contribution is -2.26. The van der Waals surface area contributed by atoms with Gasteiger partial charge < -0.3 is 14.8 Å². The van der Waals surface area contributed by atoms with Crippen molar-refractivity contribution < 1.29 is 9.47 Å². The first-order valence-electron chi connectivity index (χ1n) is 6.91. The van der Waals surface area contributed by atoms with Gasteiger partial charge in [-0.2, -0.15) is 0 Å². The quantitative estimate of drug-likeness (QED) is 0.665. The second-order valence-electron chi connectivity index (χ2n) is 5.92. The van der Waals surface area contributed by atoms with E-state index in [1.54, 1.807) is 7.11 Å². The average Bonchev–Trinajstić information content (AvgIpc) is 2.62. The Hall–Kier alpha value is -0.120. The van der Waals surface area contributed by atoms with E-state index in [1.165, 1.54) is 25.7 Å². The van der Waals surface area contributed by atoms with Crippen molar-refractivity contribution in [3.63, 3.8) is 0 Å². The van der Waals surface area contributed by atoms with Crippen LogP contribution in [0.1, 0.15) is 46.5 Å². The summed E-state index contributed by atoms with van der Waals surface area (Å²) in [6.07, 6.45) is 5.39. The first-order valence-corrected chi connectivity index (χ1v) is 6.91. The predicted molar refractivity (Wildman–Crippen MR) is 71.3 cm³/mol. The average molecular weight is 243 g/mol. The van der Waals surface area contributed by atoms with E-state index in [2.05, 4.69) is 26.1 Å². The molecule has 1 aliphatic rings. The van der Waals surface area contributed by atoms with E-state index in [-0.39, 0.29) is 5.60 Å². The summed E-state index contributed by atoms with van der Waals surface area (Å²) in [5.74, 6) is 0.721. The molecule has 0 radical (unpaired) electrons. The molecule has 17 heavy (non-hydrogen) atoms. The maximum Gasteiger partial charge on any atom is 0.0631 e. The van der Waals surface area contributed by atoms with Gasteiger partial charge in [0.2, 0.25) is 0 Å². The minimum absolute atomic E-state index is 0.116. The third-order valence-electron chi connectivity index (χ3n) is 3.51. The normalized spacial score (nSPS) is 25.1. The van der Waals surface area contributed by atoms with Crippen LogP contribution in [0.2, 0.25) is 0 Å². The molecule has 0 aliphatic carbocycles. The lowest BCUT2D eigenvalue weighted by Gasteiger charge is -2.20. The number of nitrogens with one attached hydrogen (secondary N) is 1. The molecule has 0 amide bonds. The van der Waals surface area contributed by atoms with Crippen LogP contribution in [-0.4, -0.2) is 38.5 Å². The van der Waals surface area contributed by atoms with Gasteiger partial charge in [0.15, 0.2) is 0 Å². The molecule has 3 nitrogen and oxygen atoms in total. The maximum absolute atomic E-state index is 6.00. The molecule has 0 aromatic rings. The smallest absolute Gasteiger partial charge is 0.0631 e. The molecule has 2 unspecified atom stereocenters. The minimum Gasteiger partial charge on any atom is -0.383 e. The molecular formula is C14H29NO2. The number of methoxy groups -OCH3 is 1. The molecule has 1 heterocycles. The van der Waals surface area contributed by atoms with Gasteiger partial charge in [-0.05, 0) is 52.0 Å². The molecule has 0 bridgehead atoms. The molecule has 0 aromatic heterocycles. The van der Waals surface area contributed by atoms with E-state index in [1.807, 2.05) is 0 Å². The molecule has 0 saturated carbocycles. The van der Waals surface area contributed by atoms with Crippen LogP contribution in [0, 0.1) is 5.92 Å². The molecule has 1 N–H and O–H groups in total. The first-order chi connectivity index (χ1) is 8.03. The molecule has 1 rings (SSSR count). The molecule has 1 aliphatic heterocycles. The SMILES string of the molecule is COCCNCC(C)CCC1CCC(C)(C)O1. The van der Waals surface area contributed by atoms with E-state index < -0.39 is 0 Å². The van der Waals surface area contributed by atoms with Gasteiger partial charge >= 0.3 is 0 Å². The number of hydrogen-bond acceptors (Lipinski definition) is 3. The van der Waals surface area contributed by atoms with Crippen molar-refractivity contribution in [3.8, 4) is 0 Å². The topological polar surface area (TPSA) is 30.5 Å². The Morgan fingerprint density at radius 2 is 2.24 bits per heavy atom. The molecule has 2 atom stereocenters. The van der Waals surface area contributed by atoms with Crippen LogP contribution in [0.3, 0.4) is 0 Å². The van der Waals surface area contributed by atoms with Gasteiger partial charge in [-0.25, -0.2) is 0 Å². The summed E-state index contributed by atoms with van der Waals surface area (Å²) in [5, 5.41) is 3.41. The van der Waals surface area contributed by atoms with Gasteiger partial charge in [0, 0.05) is 13.7 Å². The van der Waals surface area contributed by atoms with Crippen molar-refractivity contribution in [1.82, 2.24) is 5.32 Å². The molecule has 1 saturated heterocycles. The molecule has 0 aromatic carbocycles. The zero-order valence-electron chi connectivity index (χ0n) is 11.9. The first kappa shape index (κ1) is 14.9. The van der Waals surface area contributed by atoms with E-state index in [0.717, 1.165) is 25.6 Å². The summed E-state index contributed by atoms with van der Waals surface area (Å²) < 4.78 is 11.0. The highest BCUT2D eigenvalue weighted by molar-refractivity contribution is 4.81. The fourth-order valence-corrected chi connectivity index (χ4v) is 2.38. The van der Waals surface area contributed by atoms with Crippen LogP contribution in [0.25, 0.3) is 0 Å². The standard InChI is InChI=1S/C14H29NO2/c1-12(11-15-9-10-16-4)5-6-13-7-8-14(2,3)17-13/h12-13,15H,5-11H2,1-4H3. The summed E-state index contributed by atoms with van der Waals surface area (Å²) in [4.78, 5) is 0. The second kappa shape index (κ2) is 7.34. The van der Waals surface area contributed by atoms with Gasteiger partial charge in [0.25, 0.3) is 0 Å². The van der Waals surface area contributed by atoms with Crippen LogP contribution < -0.4 is 5.32 Å². The number of ether oxygens (including phenoxy) is 2.